The molecule has 0 saturated carbocycles. The summed E-state index contributed by atoms with van der Waals surface area (Å²) in [6, 6.07) is 10.9. The minimum Gasteiger partial charge on any atom is -0.458 e. The highest BCUT2D eigenvalue weighted by molar-refractivity contribution is 7.98. The molecule has 0 radical (unpaired) electrons. The highest BCUT2D eigenvalue weighted by atomic mass is 32.2. The molecule has 0 aliphatic rings. The number of carbonyl (C=O) groups excluding carboxylic acids is 2. The lowest BCUT2D eigenvalue weighted by atomic mass is 10.2. The van der Waals surface area contributed by atoms with Gasteiger partial charge in [-0.1, -0.05) is 17.3 Å². The largest absolute Gasteiger partial charge is 0.458 e. The van der Waals surface area contributed by atoms with E-state index in [0.29, 0.717) is 51.9 Å². The summed E-state index contributed by atoms with van der Waals surface area (Å²) in [6.07, 6.45) is 0. The molecule has 3 heterocycles. The van der Waals surface area contributed by atoms with E-state index >= 15 is 0 Å². The summed E-state index contributed by atoms with van der Waals surface area (Å²) in [7, 11) is 0. The third kappa shape index (κ3) is 5.42. The molecule has 11 heteroatoms. The molecular formula is C21H19N5O4S2. The van der Waals surface area contributed by atoms with Crippen LogP contribution in [0.1, 0.15) is 34.8 Å². The van der Waals surface area contributed by atoms with Gasteiger partial charge in [0.1, 0.15) is 11.5 Å². The first-order valence-electron chi connectivity index (χ1n) is 9.59. The van der Waals surface area contributed by atoms with Gasteiger partial charge >= 0.3 is 0 Å². The summed E-state index contributed by atoms with van der Waals surface area (Å²) in [6.45, 7) is 3.49. The van der Waals surface area contributed by atoms with Crippen LogP contribution in [0, 0.1) is 6.92 Å². The lowest BCUT2D eigenvalue weighted by Gasteiger charge is -2.07. The predicted molar refractivity (Wildman–Crippen MR) is 120 cm³/mol. The van der Waals surface area contributed by atoms with Crippen molar-refractivity contribution in [2.75, 3.05) is 5.32 Å². The lowest BCUT2D eigenvalue weighted by molar-refractivity contribution is -0.119. The summed E-state index contributed by atoms with van der Waals surface area (Å²) in [5, 5.41) is 11.7. The van der Waals surface area contributed by atoms with Gasteiger partial charge in [0.05, 0.1) is 17.9 Å². The van der Waals surface area contributed by atoms with Crippen molar-refractivity contribution < 1.29 is 18.5 Å². The smallest absolute Gasteiger partial charge is 0.258 e. The van der Waals surface area contributed by atoms with E-state index in [9.17, 15) is 9.59 Å². The molecule has 4 aromatic rings. The van der Waals surface area contributed by atoms with Crippen molar-refractivity contribution in [1.29, 1.82) is 0 Å². The zero-order valence-electron chi connectivity index (χ0n) is 17.2. The Hall–Kier alpha value is -3.44. The van der Waals surface area contributed by atoms with E-state index in [-0.39, 0.29) is 11.8 Å². The molecule has 2 amide bonds. The Morgan fingerprint density at radius 1 is 1.16 bits per heavy atom. The maximum Gasteiger partial charge on any atom is 0.258 e. The van der Waals surface area contributed by atoms with Crippen LogP contribution in [0.4, 0.5) is 5.13 Å². The normalized spacial score (nSPS) is 10.8. The van der Waals surface area contributed by atoms with Gasteiger partial charge in [0.2, 0.25) is 11.8 Å². The molecule has 3 aromatic heterocycles. The van der Waals surface area contributed by atoms with Gasteiger partial charge in [-0.3, -0.25) is 14.9 Å². The Morgan fingerprint density at radius 3 is 2.78 bits per heavy atom. The van der Waals surface area contributed by atoms with Gasteiger partial charge < -0.3 is 14.3 Å². The van der Waals surface area contributed by atoms with Gasteiger partial charge in [0.15, 0.2) is 16.7 Å². The van der Waals surface area contributed by atoms with Crippen LogP contribution in [0.5, 0.6) is 0 Å². The predicted octanol–water partition coefficient (Wildman–Crippen LogP) is 4.28. The Kier molecular flexibility index (Phi) is 6.66. The second-order valence-electron chi connectivity index (χ2n) is 6.68. The first-order valence-corrected chi connectivity index (χ1v) is 11.5. The van der Waals surface area contributed by atoms with Crippen LogP contribution in [0.2, 0.25) is 0 Å². The average Bonchev–Trinajstić information content (AvgIpc) is 3.52. The lowest BCUT2D eigenvalue weighted by Crippen LogP contribution is -2.18. The Balaban J connectivity index is 1.42. The third-order valence-corrected chi connectivity index (χ3v) is 6.04. The topological polar surface area (TPSA) is 123 Å². The summed E-state index contributed by atoms with van der Waals surface area (Å²) in [5.41, 5.74) is 1.14. The van der Waals surface area contributed by atoms with Crippen molar-refractivity contribution in [3.63, 3.8) is 0 Å². The number of thioether (sulfide) groups is 1. The van der Waals surface area contributed by atoms with Crippen molar-refractivity contribution in [3.8, 4) is 11.5 Å². The number of aryl methyl sites for hydroxylation is 1. The van der Waals surface area contributed by atoms with Crippen LogP contribution in [-0.2, 0) is 17.1 Å². The van der Waals surface area contributed by atoms with Crippen LogP contribution in [0.25, 0.3) is 11.5 Å². The third-order valence-electron chi connectivity index (χ3n) is 4.21. The molecule has 0 bridgehead atoms. The van der Waals surface area contributed by atoms with Crippen LogP contribution in [0.3, 0.4) is 0 Å². The van der Waals surface area contributed by atoms with E-state index in [0.717, 1.165) is 4.90 Å². The highest BCUT2D eigenvalue weighted by Gasteiger charge is 2.16. The number of carbonyl (C=O) groups is 2. The fraction of sp³-hybridized carbons (Fsp3) is 0.190. The van der Waals surface area contributed by atoms with E-state index in [4.69, 9.17) is 8.94 Å². The Labute approximate surface area is 191 Å². The van der Waals surface area contributed by atoms with Crippen LogP contribution in [-0.4, -0.2) is 26.9 Å². The van der Waals surface area contributed by atoms with Crippen molar-refractivity contribution in [3.05, 3.63) is 64.8 Å². The molecule has 0 spiro atoms. The second kappa shape index (κ2) is 9.79. The number of hydrogen-bond acceptors (Lipinski definition) is 9. The van der Waals surface area contributed by atoms with Crippen LogP contribution >= 0.6 is 23.1 Å². The van der Waals surface area contributed by atoms with Gasteiger partial charge in [-0.15, -0.1) is 23.1 Å². The fourth-order valence-corrected chi connectivity index (χ4v) is 4.34. The number of thiazole rings is 1. The van der Waals surface area contributed by atoms with Gasteiger partial charge in [0, 0.05) is 24.1 Å². The number of hydrogen-bond donors (Lipinski definition) is 2. The number of nitrogens with zero attached hydrogens (tertiary/aromatic N) is 3. The number of furan rings is 1. The molecule has 4 rings (SSSR count). The van der Waals surface area contributed by atoms with Crippen molar-refractivity contribution >= 4 is 40.0 Å². The molecule has 0 fully saturated rings. The molecule has 32 heavy (non-hydrogen) atoms. The van der Waals surface area contributed by atoms with E-state index < -0.39 is 0 Å². The van der Waals surface area contributed by atoms with Gasteiger partial charge in [-0.25, -0.2) is 4.98 Å². The molecular weight excluding hydrogens is 450 g/mol. The summed E-state index contributed by atoms with van der Waals surface area (Å²) in [5.74, 6) is 2.36. The number of benzene rings is 1. The Bertz CT molecular complexity index is 1250. The van der Waals surface area contributed by atoms with Gasteiger partial charge in [-0.05, 0) is 24.3 Å². The number of amides is 2. The highest BCUT2D eigenvalue weighted by Crippen LogP contribution is 2.29. The van der Waals surface area contributed by atoms with Crippen LogP contribution in [0.15, 0.2) is 55.6 Å². The van der Waals surface area contributed by atoms with Crippen molar-refractivity contribution in [2.24, 2.45) is 0 Å². The fourth-order valence-electron chi connectivity index (χ4n) is 2.75. The van der Waals surface area contributed by atoms with Crippen molar-refractivity contribution in [2.45, 2.75) is 31.0 Å². The minimum absolute atomic E-state index is 0.132. The minimum atomic E-state index is -0.260. The van der Waals surface area contributed by atoms with Crippen LogP contribution < -0.4 is 10.6 Å². The number of nitrogens with one attached hydrogen (secondary N) is 2. The Morgan fingerprint density at radius 2 is 2.00 bits per heavy atom. The number of anilines is 1. The molecule has 0 atom stereocenters. The van der Waals surface area contributed by atoms with Gasteiger partial charge in [-0.2, -0.15) is 4.98 Å². The number of rotatable bonds is 8. The zero-order valence-corrected chi connectivity index (χ0v) is 18.9. The van der Waals surface area contributed by atoms with E-state index in [2.05, 4.69) is 25.8 Å². The quantitative estimate of drug-likeness (QED) is 0.367. The second-order valence-corrected chi connectivity index (χ2v) is 8.56. The standard InChI is InChI=1S/C21H19N5O4S2/c1-12(27)22-9-14-7-8-17(29-14)16-10-32-21(24-16)25-20(28)15-5-3-4-6-18(15)31-11-19-23-13(2)30-26-19/h3-8,10H,9,11H2,1-2H3,(H,22,27)(H,24,25,28). The van der Waals surface area contributed by atoms with E-state index in [1.54, 1.807) is 30.5 Å². The summed E-state index contributed by atoms with van der Waals surface area (Å²) < 4.78 is 10.7. The van der Waals surface area contributed by atoms with E-state index in [1.165, 1.54) is 30.0 Å². The molecule has 2 N–H and O–H groups in total. The molecule has 0 aliphatic heterocycles. The SMILES string of the molecule is CC(=O)NCc1ccc(-c2csc(NC(=O)c3ccccc3SCc3noc(C)n3)n2)o1. The average molecular weight is 470 g/mol. The first kappa shape index (κ1) is 21.8. The number of aromatic nitrogens is 3. The summed E-state index contributed by atoms with van der Waals surface area (Å²) in [4.78, 5) is 33.4. The molecule has 9 nitrogen and oxygen atoms in total. The molecule has 164 valence electrons. The molecule has 0 unspecified atom stereocenters. The summed E-state index contributed by atoms with van der Waals surface area (Å²) >= 11 is 2.76. The van der Waals surface area contributed by atoms with E-state index in [1.807, 2.05) is 18.2 Å². The van der Waals surface area contributed by atoms with Gasteiger partial charge in [0.25, 0.3) is 5.91 Å². The maximum absolute atomic E-state index is 12.9. The monoisotopic (exact) mass is 469 g/mol. The first-order chi connectivity index (χ1) is 15.5. The maximum atomic E-state index is 12.9. The molecule has 1 aromatic carbocycles. The molecule has 0 saturated heterocycles. The van der Waals surface area contributed by atoms with Crippen molar-refractivity contribution in [1.82, 2.24) is 20.4 Å². The molecule has 0 aliphatic carbocycles. The zero-order chi connectivity index (χ0) is 22.5.